The van der Waals surface area contributed by atoms with Crippen LogP contribution in [0.5, 0.6) is 0 Å². The number of carboxylic acid groups (broad SMARTS) is 1. The van der Waals surface area contributed by atoms with Crippen LogP contribution in [-0.4, -0.2) is 72.0 Å². The van der Waals surface area contributed by atoms with Gasteiger partial charge in [0, 0.05) is 48.7 Å². The highest BCUT2D eigenvalue weighted by Crippen LogP contribution is 2.28. The van der Waals surface area contributed by atoms with Gasteiger partial charge >= 0.3 is 5.97 Å². The third-order valence-electron chi connectivity index (χ3n) is 7.26. The fourth-order valence-corrected chi connectivity index (χ4v) is 6.40. The highest BCUT2D eigenvalue weighted by atomic mass is 32.2. The van der Waals surface area contributed by atoms with E-state index in [2.05, 4.69) is 19.6 Å². The van der Waals surface area contributed by atoms with Crippen molar-refractivity contribution in [3.63, 3.8) is 0 Å². The molecule has 4 N–H and O–H groups in total. The van der Waals surface area contributed by atoms with E-state index in [0.717, 1.165) is 30.8 Å². The van der Waals surface area contributed by atoms with Crippen LogP contribution in [0.3, 0.4) is 0 Å². The van der Waals surface area contributed by atoms with Crippen LogP contribution >= 0.6 is 0 Å². The van der Waals surface area contributed by atoms with Gasteiger partial charge in [-0.15, -0.1) is 0 Å². The quantitative estimate of drug-likeness (QED) is 0.376. The van der Waals surface area contributed by atoms with E-state index in [1.807, 2.05) is 0 Å². The predicted molar refractivity (Wildman–Crippen MR) is 142 cm³/mol. The van der Waals surface area contributed by atoms with Gasteiger partial charge in [-0.3, -0.25) is 4.79 Å². The molecule has 2 fully saturated rings. The highest BCUT2D eigenvalue weighted by Gasteiger charge is 2.41. The number of hydrogen-bond donors (Lipinski definition) is 3. The van der Waals surface area contributed by atoms with E-state index in [1.165, 1.54) is 24.4 Å². The second kappa shape index (κ2) is 10.4. The van der Waals surface area contributed by atoms with Gasteiger partial charge in [0.2, 0.25) is 15.9 Å². The first kappa shape index (κ1) is 26.8. The number of sulfonamides is 1. The lowest BCUT2D eigenvalue weighted by molar-refractivity contribution is -0.148. The Bertz CT molecular complexity index is 1540. The number of rotatable bonds is 8. The average Bonchev–Trinajstić information content (AvgIpc) is 3.55. The fraction of sp³-hybridized carbons (Fsp3) is 0.385. The normalized spacial score (nSPS) is 18.7. The number of benzene rings is 1. The van der Waals surface area contributed by atoms with E-state index in [0.29, 0.717) is 16.9 Å². The Morgan fingerprint density at radius 2 is 1.95 bits per heavy atom. The number of likely N-dealkylation sites (tertiary alicyclic amines) is 1. The lowest BCUT2D eigenvalue weighted by atomic mass is 10.00. The maximum atomic E-state index is 15.4. The molecule has 2 aliphatic rings. The maximum Gasteiger partial charge on any atom is 0.326 e. The Kier molecular flexibility index (Phi) is 7.12. The van der Waals surface area contributed by atoms with Crippen LogP contribution in [0.1, 0.15) is 30.5 Å². The van der Waals surface area contributed by atoms with Crippen LogP contribution in [0.4, 0.5) is 16.0 Å². The minimum Gasteiger partial charge on any atom is -0.480 e. The van der Waals surface area contributed by atoms with Gasteiger partial charge in [-0.05, 0) is 49.9 Å². The number of amides is 1. The van der Waals surface area contributed by atoms with Gasteiger partial charge in [-0.1, -0.05) is 12.1 Å². The van der Waals surface area contributed by atoms with Gasteiger partial charge in [-0.2, -0.15) is 4.72 Å². The number of carboxylic acids is 1. The van der Waals surface area contributed by atoms with E-state index < -0.39 is 39.8 Å². The first-order chi connectivity index (χ1) is 18.5. The van der Waals surface area contributed by atoms with Crippen molar-refractivity contribution in [2.45, 2.75) is 49.6 Å². The van der Waals surface area contributed by atoms with Crippen LogP contribution in [-0.2, 0) is 26.0 Å². The molecule has 0 bridgehead atoms. The third kappa shape index (κ3) is 5.23. The molecule has 2 unspecified atom stereocenters. The number of hydrogen-bond acceptors (Lipinski definition) is 8. The zero-order valence-corrected chi connectivity index (χ0v) is 22.1. The molecule has 1 amide bonds. The number of nitrogens with zero attached hydrogens (tertiary/aromatic N) is 4. The zero-order chi connectivity index (χ0) is 27.9. The minimum atomic E-state index is -4.09. The third-order valence-corrected chi connectivity index (χ3v) is 8.72. The molecule has 5 rings (SSSR count). The summed E-state index contributed by atoms with van der Waals surface area (Å²) in [7, 11) is -4.09. The number of fused-ring (bicyclic) bond motifs is 1. The number of carbonyl (C=O) groups is 2. The average molecular weight is 557 g/mol. The Morgan fingerprint density at radius 1 is 1.21 bits per heavy atom. The summed E-state index contributed by atoms with van der Waals surface area (Å²) in [5, 5.41) is 10.5. The Balaban J connectivity index is 1.32. The summed E-state index contributed by atoms with van der Waals surface area (Å²) in [5.74, 6) is -1.79. The van der Waals surface area contributed by atoms with Crippen molar-refractivity contribution in [3.8, 4) is 0 Å². The molecule has 0 spiro atoms. The van der Waals surface area contributed by atoms with Crippen molar-refractivity contribution in [2.75, 3.05) is 30.3 Å². The molecule has 13 heteroatoms. The molecule has 2 atom stereocenters. The van der Waals surface area contributed by atoms with Crippen molar-refractivity contribution in [1.29, 1.82) is 0 Å². The van der Waals surface area contributed by atoms with Crippen LogP contribution in [0.25, 0.3) is 10.8 Å². The predicted octanol–water partition coefficient (Wildman–Crippen LogP) is 1.83. The molecular weight excluding hydrogens is 527 g/mol. The number of aromatic nitrogens is 2. The first-order valence-electron chi connectivity index (χ1n) is 12.7. The molecule has 2 aromatic heterocycles. The number of nitrogens with two attached hydrogens (primary N) is 1. The molecule has 2 aliphatic heterocycles. The largest absolute Gasteiger partial charge is 0.480 e. The van der Waals surface area contributed by atoms with Gasteiger partial charge in [0.05, 0.1) is 0 Å². The molecule has 1 aromatic carbocycles. The molecule has 3 aromatic rings. The minimum absolute atomic E-state index is 0.000309. The van der Waals surface area contributed by atoms with Gasteiger partial charge in [0.25, 0.3) is 0 Å². The second-order valence-electron chi connectivity index (χ2n) is 9.88. The lowest BCUT2D eigenvalue weighted by Gasteiger charge is -2.25. The molecule has 11 nitrogen and oxygen atoms in total. The monoisotopic (exact) mass is 556 g/mol. The number of nitrogens with one attached hydrogen (secondary N) is 1. The van der Waals surface area contributed by atoms with Crippen molar-refractivity contribution < 1.29 is 27.5 Å². The van der Waals surface area contributed by atoms with E-state index >= 15 is 4.39 Å². The maximum absolute atomic E-state index is 15.4. The molecule has 0 saturated carbocycles. The summed E-state index contributed by atoms with van der Waals surface area (Å²) >= 11 is 0. The molecular formula is C26H29FN6O5S. The number of halogens is 1. The fourth-order valence-electron chi connectivity index (χ4n) is 5.23. The van der Waals surface area contributed by atoms with Crippen LogP contribution in [0.15, 0.2) is 41.4 Å². The smallest absolute Gasteiger partial charge is 0.326 e. The second-order valence-corrected chi connectivity index (χ2v) is 11.6. The summed E-state index contributed by atoms with van der Waals surface area (Å²) in [6.07, 6.45) is 3.13. The van der Waals surface area contributed by atoms with Crippen molar-refractivity contribution in [1.82, 2.24) is 19.6 Å². The van der Waals surface area contributed by atoms with Crippen LogP contribution < -0.4 is 15.4 Å². The Labute approximate surface area is 224 Å². The number of aryl methyl sites for hydroxylation is 1. The van der Waals surface area contributed by atoms with Gasteiger partial charge in [0.1, 0.15) is 34.4 Å². The lowest BCUT2D eigenvalue weighted by Crippen LogP contribution is -2.48. The topological polar surface area (TPSA) is 159 Å². The number of pyridine rings is 2. The highest BCUT2D eigenvalue weighted by molar-refractivity contribution is 7.89. The number of nitrogen functional groups attached to an aromatic ring is 1. The van der Waals surface area contributed by atoms with E-state index in [-0.39, 0.29) is 41.0 Å². The number of aliphatic carboxylic acids is 1. The molecule has 39 heavy (non-hydrogen) atoms. The summed E-state index contributed by atoms with van der Waals surface area (Å²) in [6.45, 7) is 3.40. The molecule has 0 aliphatic carbocycles. The van der Waals surface area contributed by atoms with Crippen molar-refractivity contribution in [2.24, 2.45) is 0 Å². The van der Waals surface area contributed by atoms with Crippen LogP contribution in [0, 0.1) is 12.7 Å². The summed E-state index contributed by atoms with van der Waals surface area (Å²) < 4.78 is 43.7. The molecule has 206 valence electrons. The van der Waals surface area contributed by atoms with Gasteiger partial charge < -0.3 is 20.6 Å². The standard InChI is InChI=1S/C26H29FN6O5S/c1-15-12-19-18(24(28)30-15)6-4-16(23(19)27)13-21(26(35)36)33-11-8-20(25(33)34)31-39(37,38)17-5-7-22(29-14-17)32-9-2-3-10-32/h4-7,12,14,20-21,31H,2-3,8-11,13H2,1H3,(H2,28,30)(H,35,36). The number of carbonyl (C=O) groups excluding carboxylic acids is 1. The van der Waals surface area contributed by atoms with E-state index in [9.17, 15) is 23.1 Å². The van der Waals surface area contributed by atoms with Crippen molar-refractivity contribution >= 4 is 44.3 Å². The zero-order valence-electron chi connectivity index (χ0n) is 21.3. The van der Waals surface area contributed by atoms with Gasteiger partial charge in [-0.25, -0.2) is 27.6 Å². The van der Waals surface area contributed by atoms with Gasteiger partial charge in [0.15, 0.2) is 0 Å². The summed E-state index contributed by atoms with van der Waals surface area (Å²) in [5.41, 5.74) is 6.51. The molecule has 0 radical (unpaired) electrons. The van der Waals surface area contributed by atoms with E-state index in [1.54, 1.807) is 19.1 Å². The van der Waals surface area contributed by atoms with Crippen molar-refractivity contribution in [3.05, 3.63) is 53.6 Å². The molecule has 2 saturated heterocycles. The summed E-state index contributed by atoms with van der Waals surface area (Å²) in [4.78, 5) is 36.8. The summed E-state index contributed by atoms with van der Waals surface area (Å²) in [6, 6.07) is 5.06. The number of anilines is 2. The Hall–Kier alpha value is -3.84. The molecule has 4 heterocycles. The first-order valence-corrected chi connectivity index (χ1v) is 14.1. The van der Waals surface area contributed by atoms with Crippen LogP contribution in [0.2, 0.25) is 0 Å². The van der Waals surface area contributed by atoms with E-state index in [4.69, 9.17) is 5.73 Å². The Morgan fingerprint density at radius 3 is 2.62 bits per heavy atom. The SMILES string of the molecule is Cc1cc2c(F)c(CC(C(=O)O)N3CCC(NS(=O)(=O)c4ccc(N5CCCC5)nc4)C3=O)ccc2c(N)n1.